The minimum absolute atomic E-state index is 0.00124. The summed E-state index contributed by atoms with van der Waals surface area (Å²) in [4.78, 5) is 16.7. The van der Waals surface area contributed by atoms with Crippen molar-refractivity contribution in [1.29, 1.82) is 0 Å². The number of nitrogens with one attached hydrogen (secondary N) is 1. The van der Waals surface area contributed by atoms with Gasteiger partial charge >= 0.3 is 6.03 Å². The van der Waals surface area contributed by atoms with Crippen LogP contribution in [0.3, 0.4) is 0 Å². The lowest BCUT2D eigenvalue weighted by molar-refractivity contribution is 0.143. The van der Waals surface area contributed by atoms with Crippen molar-refractivity contribution in [2.45, 2.75) is 13.5 Å². The Morgan fingerprint density at radius 3 is 2.30 bits per heavy atom. The van der Waals surface area contributed by atoms with E-state index in [4.69, 9.17) is 0 Å². The maximum Gasteiger partial charge on any atom is 0.321 e. The topological polar surface area (TPSA) is 35.6 Å². The van der Waals surface area contributed by atoms with Crippen LogP contribution in [0, 0.1) is 6.92 Å². The Bertz CT molecular complexity index is 649. The summed E-state index contributed by atoms with van der Waals surface area (Å²) in [5, 5.41) is 3.01. The molecule has 4 heteroatoms. The van der Waals surface area contributed by atoms with E-state index in [1.807, 2.05) is 42.2 Å². The van der Waals surface area contributed by atoms with Gasteiger partial charge < -0.3 is 10.2 Å². The van der Waals surface area contributed by atoms with Gasteiger partial charge in [0.1, 0.15) is 0 Å². The van der Waals surface area contributed by atoms with Crippen molar-refractivity contribution in [3.05, 3.63) is 65.7 Å². The number of amides is 2. The molecule has 3 rings (SSSR count). The van der Waals surface area contributed by atoms with Crippen molar-refractivity contribution in [3.63, 3.8) is 0 Å². The number of nitrogens with zero attached hydrogens (tertiary/aromatic N) is 2. The highest BCUT2D eigenvalue weighted by Gasteiger charge is 2.21. The molecule has 0 spiro atoms. The van der Waals surface area contributed by atoms with Gasteiger partial charge in [0.25, 0.3) is 0 Å². The van der Waals surface area contributed by atoms with Gasteiger partial charge in [-0.2, -0.15) is 0 Å². The van der Waals surface area contributed by atoms with Crippen molar-refractivity contribution in [3.8, 4) is 0 Å². The van der Waals surface area contributed by atoms with Crippen LogP contribution in [0.1, 0.15) is 11.1 Å². The van der Waals surface area contributed by atoms with Gasteiger partial charge in [-0.1, -0.05) is 48.5 Å². The number of piperazine rings is 1. The smallest absolute Gasteiger partial charge is 0.321 e. The normalized spacial score (nSPS) is 15.4. The fraction of sp³-hybridized carbons (Fsp3) is 0.316. The lowest BCUT2D eigenvalue weighted by atomic mass is 10.2. The Balaban J connectivity index is 1.50. The molecule has 23 heavy (non-hydrogen) atoms. The largest absolute Gasteiger partial charge is 0.322 e. The number of urea groups is 1. The molecule has 0 bridgehead atoms. The Hall–Kier alpha value is -2.33. The molecule has 0 atom stereocenters. The van der Waals surface area contributed by atoms with E-state index in [-0.39, 0.29) is 6.03 Å². The van der Waals surface area contributed by atoms with Crippen LogP contribution in [-0.2, 0) is 6.54 Å². The van der Waals surface area contributed by atoms with E-state index < -0.39 is 0 Å². The maximum atomic E-state index is 12.4. The number of para-hydroxylation sites is 1. The number of carbonyl (C=O) groups excluding carboxylic acids is 1. The molecule has 2 aromatic rings. The van der Waals surface area contributed by atoms with Crippen molar-refractivity contribution in [1.82, 2.24) is 9.80 Å². The monoisotopic (exact) mass is 309 g/mol. The Morgan fingerprint density at radius 2 is 1.61 bits per heavy atom. The van der Waals surface area contributed by atoms with Crippen LogP contribution >= 0.6 is 0 Å². The maximum absolute atomic E-state index is 12.4. The van der Waals surface area contributed by atoms with Crippen molar-refractivity contribution >= 4 is 11.7 Å². The van der Waals surface area contributed by atoms with Crippen molar-refractivity contribution in [2.24, 2.45) is 0 Å². The molecule has 0 aliphatic carbocycles. The first kappa shape index (κ1) is 15.6. The Labute approximate surface area is 137 Å². The van der Waals surface area contributed by atoms with E-state index in [2.05, 4.69) is 34.5 Å². The SMILES string of the molecule is Cc1ccccc1NC(=O)N1CCN(Cc2ccccc2)CC1. The lowest BCUT2D eigenvalue weighted by Crippen LogP contribution is -2.49. The van der Waals surface area contributed by atoms with Crippen LogP contribution in [0.25, 0.3) is 0 Å². The molecule has 120 valence electrons. The zero-order valence-electron chi connectivity index (χ0n) is 13.5. The third kappa shape index (κ3) is 4.11. The fourth-order valence-corrected chi connectivity index (χ4v) is 2.86. The fourth-order valence-electron chi connectivity index (χ4n) is 2.86. The Morgan fingerprint density at radius 1 is 0.957 bits per heavy atom. The Kier molecular flexibility index (Phi) is 4.93. The van der Waals surface area contributed by atoms with Crippen LogP contribution in [0.4, 0.5) is 10.5 Å². The average Bonchev–Trinajstić information content (AvgIpc) is 2.58. The molecule has 1 N–H and O–H groups in total. The van der Waals surface area contributed by atoms with Gasteiger partial charge in [0.2, 0.25) is 0 Å². The molecular formula is C19H23N3O. The van der Waals surface area contributed by atoms with Crippen molar-refractivity contribution in [2.75, 3.05) is 31.5 Å². The second kappa shape index (κ2) is 7.29. The standard InChI is InChI=1S/C19H23N3O/c1-16-7-5-6-10-18(16)20-19(23)22-13-11-21(12-14-22)15-17-8-3-2-4-9-17/h2-10H,11-15H2,1H3,(H,20,23). The van der Waals surface area contributed by atoms with Gasteiger partial charge in [-0.25, -0.2) is 4.79 Å². The van der Waals surface area contributed by atoms with Gasteiger partial charge in [0.15, 0.2) is 0 Å². The molecule has 1 saturated heterocycles. The molecule has 1 aliphatic rings. The predicted octanol–water partition coefficient (Wildman–Crippen LogP) is 3.34. The molecule has 0 radical (unpaired) electrons. The molecule has 0 unspecified atom stereocenters. The molecule has 2 aromatic carbocycles. The number of anilines is 1. The number of rotatable bonds is 3. The second-order valence-corrected chi connectivity index (χ2v) is 5.99. The van der Waals surface area contributed by atoms with Crippen LogP contribution in [-0.4, -0.2) is 42.0 Å². The van der Waals surface area contributed by atoms with E-state index in [1.165, 1.54) is 5.56 Å². The first-order valence-corrected chi connectivity index (χ1v) is 8.10. The zero-order valence-corrected chi connectivity index (χ0v) is 13.5. The van der Waals surface area contributed by atoms with Crippen LogP contribution in [0.5, 0.6) is 0 Å². The van der Waals surface area contributed by atoms with Gasteiger partial charge in [-0.15, -0.1) is 0 Å². The summed E-state index contributed by atoms with van der Waals surface area (Å²) in [7, 11) is 0. The van der Waals surface area contributed by atoms with E-state index in [9.17, 15) is 4.79 Å². The molecule has 2 amide bonds. The van der Waals surface area contributed by atoms with Gasteiger partial charge in [-0.3, -0.25) is 4.90 Å². The molecule has 0 aromatic heterocycles. The summed E-state index contributed by atoms with van der Waals surface area (Å²) in [5.41, 5.74) is 3.30. The highest BCUT2D eigenvalue weighted by molar-refractivity contribution is 5.90. The quantitative estimate of drug-likeness (QED) is 0.944. The average molecular weight is 309 g/mol. The summed E-state index contributed by atoms with van der Waals surface area (Å²) in [5.74, 6) is 0. The summed E-state index contributed by atoms with van der Waals surface area (Å²) < 4.78 is 0. The summed E-state index contributed by atoms with van der Waals surface area (Å²) >= 11 is 0. The number of hydrogen-bond acceptors (Lipinski definition) is 2. The number of benzene rings is 2. The first-order valence-electron chi connectivity index (χ1n) is 8.10. The number of aryl methyl sites for hydroxylation is 1. The highest BCUT2D eigenvalue weighted by Crippen LogP contribution is 2.15. The molecule has 1 heterocycles. The van der Waals surface area contributed by atoms with Crippen LogP contribution in [0.2, 0.25) is 0 Å². The third-order valence-corrected chi connectivity index (χ3v) is 4.30. The summed E-state index contributed by atoms with van der Waals surface area (Å²) in [6, 6.07) is 18.4. The van der Waals surface area contributed by atoms with E-state index in [0.717, 1.165) is 44.0 Å². The van der Waals surface area contributed by atoms with E-state index in [0.29, 0.717) is 0 Å². The summed E-state index contributed by atoms with van der Waals surface area (Å²) in [6.45, 7) is 6.32. The first-order chi connectivity index (χ1) is 11.2. The van der Waals surface area contributed by atoms with Gasteiger partial charge in [0.05, 0.1) is 0 Å². The second-order valence-electron chi connectivity index (χ2n) is 5.99. The number of hydrogen-bond donors (Lipinski definition) is 1. The minimum atomic E-state index is -0.00124. The third-order valence-electron chi connectivity index (χ3n) is 4.30. The summed E-state index contributed by atoms with van der Waals surface area (Å²) in [6.07, 6.45) is 0. The number of carbonyl (C=O) groups is 1. The van der Waals surface area contributed by atoms with Gasteiger partial charge in [0, 0.05) is 38.4 Å². The minimum Gasteiger partial charge on any atom is -0.322 e. The highest BCUT2D eigenvalue weighted by atomic mass is 16.2. The van der Waals surface area contributed by atoms with Crippen molar-refractivity contribution < 1.29 is 4.79 Å². The van der Waals surface area contributed by atoms with Crippen LogP contribution < -0.4 is 5.32 Å². The van der Waals surface area contributed by atoms with E-state index in [1.54, 1.807) is 0 Å². The van der Waals surface area contributed by atoms with E-state index >= 15 is 0 Å². The molecule has 0 saturated carbocycles. The lowest BCUT2D eigenvalue weighted by Gasteiger charge is -2.34. The molecule has 1 fully saturated rings. The van der Waals surface area contributed by atoms with Crippen LogP contribution in [0.15, 0.2) is 54.6 Å². The zero-order chi connectivity index (χ0) is 16.1. The predicted molar refractivity (Wildman–Crippen MR) is 93.5 cm³/mol. The molecule has 1 aliphatic heterocycles. The molecule has 4 nitrogen and oxygen atoms in total. The molecular weight excluding hydrogens is 286 g/mol. The van der Waals surface area contributed by atoms with Gasteiger partial charge in [-0.05, 0) is 24.1 Å².